The van der Waals surface area contributed by atoms with Gasteiger partial charge in [0, 0.05) is 37.3 Å². The van der Waals surface area contributed by atoms with Gasteiger partial charge in [0.1, 0.15) is 5.75 Å². The first-order valence-electron chi connectivity index (χ1n) is 8.85. The Morgan fingerprint density at radius 2 is 1.72 bits per heavy atom. The SMILES string of the molecule is COc1ccc(N2CCN([C@H](C)c3nc(C(C)(C)C)no3)CC2)cc1. The number of methoxy groups -OCH3 is 1. The number of hydrogen-bond acceptors (Lipinski definition) is 6. The lowest BCUT2D eigenvalue weighted by Crippen LogP contribution is -2.47. The van der Waals surface area contributed by atoms with Crippen molar-refractivity contribution in [3.8, 4) is 5.75 Å². The number of rotatable bonds is 4. The van der Waals surface area contributed by atoms with Crippen molar-refractivity contribution >= 4 is 5.69 Å². The molecular weight excluding hydrogens is 316 g/mol. The van der Waals surface area contributed by atoms with E-state index in [0.717, 1.165) is 37.8 Å². The van der Waals surface area contributed by atoms with E-state index in [-0.39, 0.29) is 11.5 Å². The minimum atomic E-state index is -0.0888. The molecule has 0 bridgehead atoms. The number of piperazine rings is 1. The van der Waals surface area contributed by atoms with Gasteiger partial charge in [-0.2, -0.15) is 4.98 Å². The molecule has 1 aliphatic heterocycles. The highest BCUT2D eigenvalue weighted by Gasteiger charge is 2.28. The fraction of sp³-hybridized carbons (Fsp3) is 0.579. The summed E-state index contributed by atoms with van der Waals surface area (Å²) in [6.45, 7) is 12.3. The quantitative estimate of drug-likeness (QED) is 0.848. The fourth-order valence-corrected chi connectivity index (χ4v) is 3.03. The summed E-state index contributed by atoms with van der Waals surface area (Å²) >= 11 is 0. The van der Waals surface area contributed by atoms with Crippen LogP contribution in [-0.4, -0.2) is 48.3 Å². The molecule has 0 spiro atoms. The molecule has 1 aromatic carbocycles. The molecule has 6 heteroatoms. The molecule has 0 saturated carbocycles. The molecule has 1 atom stereocenters. The summed E-state index contributed by atoms with van der Waals surface area (Å²) in [5.41, 5.74) is 1.15. The zero-order valence-corrected chi connectivity index (χ0v) is 15.8. The number of nitrogens with zero attached hydrogens (tertiary/aromatic N) is 4. The Kier molecular flexibility index (Phi) is 4.99. The summed E-state index contributed by atoms with van der Waals surface area (Å²) in [6, 6.07) is 8.40. The van der Waals surface area contributed by atoms with Crippen LogP contribution in [0.5, 0.6) is 5.75 Å². The Bertz CT molecular complexity index is 682. The molecule has 6 nitrogen and oxygen atoms in total. The lowest BCUT2D eigenvalue weighted by Gasteiger charge is -2.38. The molecule has 0 N–H and O–H groups in total. The number of hydrogen-bond donors (Lipinski definition) is 0. The molecule has 0 radical (unpaired) electrons. The molecule has 3 rings (SSSR count). The van der Waals surface area contributed by atoms with Crippen molar-refractivity contribution in [3.05, 3.63) is 36.0 Å². The molecular formula is C19H28N4O2. The maximum atomic E-state index is 5.51. The van der Waals surface area contributed by atoms with Crippen molar-refractivity contribution in [1.82, 2.24) is 15.0 Å². The zero-order valence-electron chi connectivity index (χ0n) is 15.8. The van der Waals surface area contributed by atoms with Crippen LogP contribution in [0.3, 0.4) is 0 Å². The van der Waals surface area contributed by atoms with E-state index in [4.69, 9.17) is 9.26 Å². The van der Waals surface area contributed by atoms with Gasteiger partial charge in [-0.1, -0.05) is 25.9 Å². The average molecular weight is 344 g/mol. The predicted octanol–water partition coefficient (Wildman–Crippen LogP) is 3.26. The highest BCUT2D eigenvalue weighted by atomic mass is 16.5. The Morgan fingerprint density at radius 1 is 1.08 bits per heavy atom. The molecule has 1 fully saturated rings. The minimum Gasteiger partial charge on any atom is -0.497 e. The van der Waals surface area contributed by atoms with Crippen molar-refractivity contribution in [2.45, 2.75) is 39.2 Å². The van der Waals surface area contributed by atoms with Gasteiger partial charge in [0.25, 0.3) is 0 Å². The molecule has 0 unspecified atom stereocenters. The van der Waals surface area contributed by atoms with Gasteiger partial charge >= 0.3 is 0 Å². The van der Waals surface area contributed by atoms with E-state index in [1.165, 1.54) is 5.69 Å². The van der Waals surface area contributed by atoms with E-state index in [9.17, 15) is 0 Å². The van der Waals surface area contributed by atoms with Crippen LogP contribution in [0.1, 0.15) is 45.5 Å². The molecule has 1 aromatic heterocycles. The second-order valence-electron chi connectivity index (χ2n) is 7.60. The van der Waals surface area contributed by atoms with Crippen LogP contribution in [0.15, 0.2) is 28.8 Å². The first-order chi connectivity index (χ1) is 11.9. The normalized spacial score (nSPS) is 17.6. The molecule has 0 amide bonds. The second kappa shape index (κ2) is 7.04. The third-order valence-corrected chi connectivity index (χ3v) is 4.77. The largest absolute Gasteiger partial charge is 0.497 e. The van der Waals surface area contributed by atoms with Gasteiger partial charge in [-0.15, -0.1) is 0 Å². The third kappa shape index (κ3) is 3.95. The van der Waals surface area contributed by atoms with Crippen molar-refractivity contribution < 1.29 is 9.26 Å². The first-order valence-corrected chi connectivity index (χ1v) is 8.85. The summed E-state index contributed by atoms with van der Waals surface area (Å²) in [5.74, 6) is 2.37. The van der Waals surface area contributed by atoms with E-state index in [0.29, 0.717) is 5.89 Å². The molecule has 2 aromatic rings. The van der Waals surface area contributed by atoms with Crippen LogP contribution < -0.4 is 9.64 Å². The zero-order chi connectivity index (χ0) is 18.0. The molecule has 1 saturated heterocycles. The van der Waals surface area contributed by atoms with Gasteiger partial charge in [0.2, 0.25) is 5.89 Å². The topological polar surface area (TPSA) is 54.6 Å². The maximum absolute atomic E-state index is 5.51. The molecule has 25 heavy (non-hydrogen) atoms. The molecule has 136 valence electrons. The Labute approximate surface area is 149 Å². The minimum absolute atomic E-state index is 0.0888. The van der Waals surface area contributed by atoms with Crippen molar-refractivity contribution in [2.24, 2.45) is 0 Å². The van der Waals surface area contributed by atoms with Crippen LogP contribution in [-0.2, 0) is 5.41 Å². The van der Waals surface area contributed by atoms with Crippen LogP contribution in [0.4, 0.5) is 5.69 Å². The van der Waals surface area contributed by atoms with Crippen LogP contribution >= 0.6 is 0 Å². The Balaban J connectivity index is 1.60. The van der Waals surface area contributed by atoms with Crippen molar-refractivity contribution in [1.29, 1.82) is 0 Å². The fourth-order valence-electron chi connectivity index (χ4n) is 3.03. The van der Waals surface area contributed by atoms with E-state index in [2.05, 4.69) is 59.8 Å². The van der Waals surface area contributed by atoms with Gasteiger partial charge in [0.15, 0.2) is 5.82 Å². The first kappa shape index (κ1) is 17.7. The molecule has 1 aliphatic rings. The number of ether oxygens (including phenoxy) is 1. The predicted molar refractivity (Wildman–Crippen MR) is 98.2 cm³/mol. The monoisotopic (exact) mass is 344 g/mol. The smallest absolute Gasteiger partial charge is 0.243 e. The van der Waals surface area contributed by atoms with E-state index in [1.807, 2.05) is 12.1 Å². The number of anilines is 1. The van der Waals surface area contributed by atoms with Gasteiger partial charge in [-0.3, -0.25) is 4.90 Å². The lowest BCUT2D eigenvalue weighted by atomic mass is 9.96. The van der Waals surface area contributed by atoms with Gasteiger partial charge in [-0.25, -0.2) is 0 Å². The Morgan fingerprint density at radius 3 is 2.24 bits per heavy atom. The molecule has 2 heterocycles. The van der Waals surface area contributed by atoms with E-state index < -0.39 is 0 Å². The van der Waals surface area contributed by atoms with Crippen molar-refractivity contribution in [2.75, 3.05) is 38.2 Å². The summed E-state index contributed by atoms with van der Waals surface area (Å²) in [6.07, 6.45) is 0. The summed E-state index contributed by atoms with van der Waals surface area (Å²) in [4.78, 5) is 9.41. The molecule has 0 aliphatic carbocycles. The third-order valence-electron chi connectivity index (χ3n) is 4.77. The second-order valence-corrected chi connectivity index (χ2v) is 7.60. The Hall–Kier alpha value is -2.08. The van der Waals surface area contributed by atoms with Gasteiger partial charge in [-0.05, 0) is 31.2 Å². The lowest BCUT2D eigenvalue weighted by molar-refractivity contribution is 0.164. The van der Waals surface area contributed by atoms with Crippen LogP contribution in [0.2, 0.25) is 0 Å². The van der Waals surface area contributed by atoms with Crippen molar-refractivity contribution in [3.63, 3.8) is 0 Å². The number of aromatic nitrogens is 2. The van der Waals surface area contributed by atoms with Gasteiger partial charge in [0.05, 0.1) is 13.2 Å². The summed E-state index contributed by atoms with van der Waals surface area (Å²) in [5, 5.41) is 4.15. The van der Waals surface area contributed by atoms with E-state index >= 15 is 0 Å². The standard InChI is InChI=1S/C19H28N4O2/c1-14(17-20-18(21-25-17)19(2,3)4)22-10-12-23(13-11-22)15-6-8-16(24-5)9-7-15/h6-9,14H,10-13H2,1-5H3/t14-/m1/s1. The highest BCUT2D eigenvalue weighted by Crippen LogP contribution is 2.26. The average Bonchev–Trinajstić information content (AvgIpc) is 3.12. The van der Waals surface area contributed by atoms with E-state index in [1.54, 1.807) is 7.11 Å². The maximum Gasteiger partial charge on any atom is 0.243 e. The highest BCUT2D eigenvalue weighted by molar-refractivity contribution is 5.49. The summed E-state index contributed by atoms with van der Waals surface area (Å²) in [7, 11) is 1.69. The number of benzene rings is 1. The van der Waals surface area contributed by atoms with Gasteiger partial charge < -0.3 is 14.2 Å². The summed E-state index contributed by atoms with van der Waals surface area (Å²) < 4.78 is 10.7. The van der Waals surface area contributed by atoms with Crippen LogP contribution in [0, 0.1) is 0 Å². The van der Waals surface area contributed by atoms with Crippen LogP contribution in [0.25, 0.3) is 0 Å².